The molecule has 1 aliphatic heterocycles. The lowest BCUT2D eigenvalue weighted by Crippen LogP contribution is -2.49. The maximum Gasteiger partial charge on any atom is 0.238 e. The summed E-state index contributed by atoms with van der Waals surface area (Å²) < 4.78 is 12.7. The van der Waals surface area contributed by atoms with Crippen LogP contribution in [0.15, 0.2) is 54.9 Å². The zero-order valence-electron chi connectivity index (χ0n) is 18.7. The largest absolute Gasteiger partial charge is 0.493 e. The second-order valence-corrected chi connectivity index (χ2v) is 7.81. The van der Waals surface area contributed by atoms with E-state index in [9.17, 15) is 4.79 Å². The van der Waals surface area contributed by atoms with Gasteiger partial charge in [0.1, 0.15) is 0 Å². The summed E-state index contributed by atoms with van der Waals surface area (Å²) in [6.07, 6.45) is 3.82. The lowest BCUT2D eigenvalue weighted by atomic mass is 10.2. The molecule has 2 aromatic carbocycles. The third-order valence-corrected chi connectivity index (χ3v) is 5.62. The van der Waals surface area contributed by atoms with Crippen molar-refractivity contribution in [1.29, 1.82) is 0 Å². The maximum absolute atomic E-state index is 12.6. The summed E-state index contributed by atoms with van der Waals surface area (Å²) in [5.74, 6) is 2.10. The Kier molecular flexibility index (Phi) is 6.61. The van der Waals surface area contributed by atoms with Crippen molar-refractivity contribution in [3.63, 3.8) is 0 Å². The van der Waals surface area contributed by atoms with E-state index in [1.165, 1.54) is 5.56 Å². The highest BCUT2D eigenvalue weighted by Gasteiger charge is 2.22. The third kappa shape index (κ3) is 4.86. The quantitative estimate of drug-likeness (QED) is 0.615. The van der Waals surface area contributed by atoms with Crippen molar-refractivity contribution < 1.29 is 14.3 Å². The van der Waals surface area contributed by atoms with Gasteiger partial charge in [0.2, 0.25) is 11.9 Å². The Hall–Kier alpha value is -3.52. The van der Waals surface area contributed by atoms with Crippen LogP contribution < -0.4 is 19.7 Å². The summed E-state index contributed by atoms with van der Waals surface area (Å²) >= 11 is 0. The average Bonchev–Trinajstić information content (AvgIpc) is 3.30. The highest BCUT2D eigenvalue weighted by atomic mass is 16.5. The van der Waals surface area contributed by atoms with E-state index in [2.05, 4.69) is 55.9 Å². The van der Waals surface area contributed by atoms with Crippen LogP contribution in [0.4, 0.5) is 11.6 Å². The average molecular weight is 436 g/mol. The maximum atomic E-state index is 12.6. The highest BCUT2D eigenvalue weighted by Crippen LogP contribution is 2.29. The monoisotopic (exact) mass is 435 g/mol. The van der Waals surface area contributed by atoms with Gasteiger partial charge in [-0.25, -0.2) is 4.98 Å². The molecule has 1 aromatic heterocycles. The summed E-state index contributed by atoms with van der Waals surface area (Å²) in [6, 6.07) is 13.8. The van der Waals surface area contributed by atoms with E-state index in [4.69, 9.17) is 9.47 Å². The van der Waals surface area contributed by atoms with Crippen LogP contribution in [-0.2, 0) is 4.79 Å². The van der Waals surface area contributed by atoms with E-state index in [-0.39, 0.29) is 5.91 Å². The number of nitrogens with one attached hydrogen (secondary N) is 1. The van der Waals surface area contributed by atoms with Gasteiger partial charge in [0.15, 0.2) is 11.5 Å². The molecule has 1 saturated heterocycles. The second kappa shape index (κ2) is 9.74. The molecule has 4 rings (SSSR count). The van der Waals surface area contributed by atoms with E-state index in [0.717, 1.165) is 37.8 Å². The van der Waals surface area contributed by atoms with Crippen LogP contribution >= 0.6 is 0 Å². The van der Waals surface area contributed by atoms with E-state index < -0.39 is 0 Å². The lowest BCUT2D eigenvalue weighted by molar-refractivity contribution is -0.117. The van der Waals surface area contributed by atoms with Crippen molar-refractivity contribution in [3.8, 4) is 17.2 Å². The Labute approximate surface area is 188 Å². The number of hydrogen-bond acceptors (Lipinski definition) is 6. The lowest BCUT2D eigenvalue weighted by Gasteiger charge is -2.35. The summed E-state index contributed by atoms with van der Waals surface area (Å²) in [6.45, 7) is 5.63. The Balaban J connectivity index is 1.32. The van der Waals surface area contributed by atoms with Gasteiger partial charge in [0.05, 0.1) is 20.8 Å². The van der Waals surface area contributed by atoms with Gasteiger partial charge in [-0.1, -0.05) is 17.7 Å². The molecule has 2 heterocycles. The summed E-state index contributed by atoms with van der Waals surface area (Å²) in [4.78, 5) is 21.6. The van der Waals surface area contributed by atoms with Gasteiger partial charge in [-0.05, 0) is 31.2 Å². The van der Waals surface area contributed by atoms with Crippen molar-refractivity contribution in [2.45, 2.75) is 6.92 Å². The molecule has 8 nitrogen and oxygen atoms in total. The number of hydrogen-bond donors (Lipinski definition) is 1. The molecule has 0 spiro atoms. The predicted octanol–water partition coefficient (Wildman–Crippen LogP) is 2.96. The molecule has 0 unspecified atom stereocenters. The van der Waals surface area contributed by atoms with Crippen molar-refractivity contribution in [2.24, 2.45) is 0 Å². The van der Waals surface area contributed by atoms with Gasteiger partial charge < -0.3 is 19.7 Å². The molecular formula is C24H29N5O3. The van der Waals surface area contributed by atoms with Crippen molar-refractivity contribution >= 4 is 17.5 Å². The fourth-order valence-corrected chi connectivity index (χ4v) is 3.86. The number of amides is 1. The van der Waals surface area contributed by atoms with Gasteiger partial charge >= 0.3 is 0 Å². The molecule has 1 fully saturated rings. The Morgan fingerprint density at radius 1 is 1.00 bits per heavy atom. The molecule has 3 aromatic rings. The van der Waals surface area contributed by atoms with Crippen LogP contribution in [0.3, 0.4) is 0 Å². The summed E-state index contributed by atoms with van der Waals surface area (Å²) in [5, 5.41) is 2.94. The molecule has 1 amide bonds. The molecule has 168 valence electrons. The third-order valence-electron chi connectivity index (χ3n) is 5.62. The van der Waals surface area contributed by atoms with Gasteiger partial charge in [-0.3, -0.25) is 14.3 Å². The minimum Gasteiger partial charge on any atom is -0.493 e. The van der Waals surface area contributed by atoms with Crippen molar-refractivity contribution in [2.75, 3.05) is 57.2 Å². The first-order chi connectivity index (χ1) is 15.6. The molecule has 1 N–H and O–H groups in total. The van der Waals surface area contributed by atoms with Crippen molar-refractivity contribution in [1.82, 2.24) is 14.5 Å². The van der Waals surface area contributed by atoms with Gasteiger partial charge in [0.25, 0.3) is 0 Å². The zero-order chi connectivity index (χ0) is 22.5. The standard InChI is InChI=1S/C24H29N5O3/c1-18-4-7-20(8-5-18)29-11-10-25-24(29)28-14-12-27(13-15-28)17-23(30)26-19-6-9-21(31-2)22(16-19)32-3/h4-11,16H,12-15,17H2,1-3H3,(H,26,30). The number of aromatic nitrogens is 2. The van der Waals surface area contributed by atoms with E-state index in [1.54, 1.807) is 26.4 Å². The first-order valence-electron chi connectivity index (χ1n) is 10.7. The number of anilines is 2. The van der Waals surface area contributed by atoms with Gasteiger partial charge in [0, 0.05) is 56.0 Å². The molecule has 0 saturated carbocycles. The number of carbonyl (C=O) groups is 1. The molecule has 32 heavy (non-hydrogen) atoms. The molecular weight excluding hydrogens is 406 g/mol. The van der Waals surface area contributed by atoms with Crippen LogP contribution in [0.5, 0.6) is 11.5 Å². The first kappa shape index (κ1) is 21.7. The fraction of sp³-hybridized carbons (Fsp3) is 0.333. The van der Waals surface area contributed by atoms with Crippen LogP contribution in [-0.4, -0.2) is 67.3 Å². The number of rotatable bonds is 7. The Morgan fingerprint density at radius 3 is 2.41 bits per heavy atom. The van der Waals surface area contributed by atoms with Crippen LogP contribution in [0.1, 0.15) is 5.56 Å². The number of carbonyl (C=O) groups excluding carboxylic acids is 1. The minimum absolute atomic E-state index is 0.0492. The number of imidazole rings is 1. The molecule has 0 radical (unpaired) electrons. The number of piperazine rings is 1. The topological polar surface area (TPSA) is 71.9 Å². The molecule has 0 bridgehead atoms. The smallest absolute Gasteiger partial charge is 0.238 e. The number of aryl methyl sites for hydroxylation is 1. The Morgan fingerprint density at radius 2 is 1.72 bits per heavy atom. The Bertz CT molecular complexity index is 1060. The molecule has 0 atom stereocenters. The van der Waals surface area contributed by atoms with Crippen LogP contribution in [0.25, 0.3) is 5.69 Å². The van der Waals surface area contributed by atoms with Crippen molar-refractivity contribution in [3.05, 3.63) is 60.4 Å². The van der Waals surface area contributed by atoms with E-state index in [0.29, 0.717) is 23.7 Å². The highest BCUT2D eigenvalue weighted by molar-refractivity contribution is 5.92. The number of methoxy groups -OCH3 is 2. The summed E-state index contributed by atoms with van der Waals surface area (Å²) in [5.41, 5.74) is 3.02. The van der Waals surface area contributed by atoms with Gasteiger partial charge in [-0.15, -0.1) is 0 Å². The number of ether oxygens (including phenoxy) is 2. The summed E-state index contributed by atoms with van der Waals surface area (Å²) in [7, 11) is 3.16. The fourth-order valence-electron chi connectivity index (χ4n) is 3.86. The van der Waals surface area contributed by atoms with Crippen LogP contribution in [0, 0.1) is 6.92 Å². The van der Waals surface area contributed by atoms with E-state index >= 15 is 0 Å². The van der Waals surface area contributed by atoms with E-state index in [1.807, 2.05) is 18.5 Å². The number of nitrogens with zero attached hydrogens (tertiary/aromatic N) is 4. The normalized spacial score (nSPS) is 14.3. The van der Waals surface area contributed by atoms with Crippen LogP contribution in [0.2, 0.25) is 0 Å². The molecule has 0 aliphatic carbocycles. The predicted molar refractivity (Wildman–Crippen MR) is 125 cm³/mol. The molecule has 1 aliphatic rings. The van der Waals surface area contributed by atoms with Gasteiger partial charge in [-0.2, -0.15) is 0 Å². The number of benzene rings is 2. The SMILES string of the molecule is COc1ccc(NC(=O)CN2CCN(c3nccn3-c3ccc(C)cc3)CC2)cc1OC. The second-order valence-electron chi connectivity index (χ2n) is 7.81. The zero-order valence-corrected chi connectivity index (χ0v) is 18.7. The minimum atomic E-state index is -0.0492. The molecule has 8 heteroatoms. The first-order valence-corrected chi connectivity index (χ1v) is 10.7.